The van der Waals surface area contributed by atoms with E-state index < -0.39 is 0 Å². The van der Waals surface area contributed by atoms with Gasteiger partial charge in [0.25, 0.3) is 5.91 Å². The van der Waals surface area contributed by atoms with Crippen molar-refractivity contribution in [3.8, 4) is 0 Å². The van der Waals surface area contributed by atoms with Crippen LogP contribution >= 0.6 is 11.8 Å². The summed E-state index contributed by atoms with van der Waals surface area (Å²) < 4.78 is 0. The maximum atomic E-state index is 12.4. The van der Waals surface area contributed by atoms with E-state index >= 15 is 0 Å². The maximum absolute atomic E-state index is 12.4. The SMILES string of the molecule is Cc1nc(SCc2ccc(C(=O)NCc3cccnc3)cc2)nc(N2CCCC2)c1C. The van der Waals surface area contributed by atoms with E-state index in [0.29, 0.717) is 12.1 Å². The topological polar surface area (TPSA) is 71.0 Å². The van der Waals surface area contributed by atoms with Crippen molar-refractivity contribution in [2.45, 2.75) is 44.1 Å². The lowest BCUT2D eigenvalue weighted by molar-refractivity contribution is 0.0951. The quantitative estimate of drug-likeness (QED) is 0.442. The fraction of sp³-hybridized carbons (Fsp3) is 0.333. The number of benzene rings is 1. The number of carbonyl (C=O) groups is 1. The molecule has 0 bridgehead atoms. The monoisotopic (exact) mass is 433 g/mol. The summed E-state index contributed by atoms with van der Waals surface area (Å²) in [4.78, 5) is 28.3. The largest absolute Gasteiger partial charge is 0.356 e. The standard InChI is InChI=1S/C24H27N5OS/c1-17-18(2)27-24(28-22(17)29-12-3-4-13-29)31-16-19-7-9-21(10-8-19)23(30)26-15-20-6-5-11-25-14-20/h5-11,14H,3-4,12-13,15-16H2,1-2H3,(H,26,30). The molecule has 1 aromatic carbocycles. The van der Waals surface area contributed by atoms with Crippen molar-refractivity contribution in [1.82, 2.24) is 20.3 Å². The van der Waals surface area contributed by atoms with E-state index in [4.69, 9.17) is 4.98 Å². The Labute approximate surface area is 187 Å². The summed E-state index contributed by atoms with van der Waals surface area (Å²) in [5.74, 6) is 1.75. The van der Waals surface area contributed by atoms with Gasteiger partial charge >= 0.3 is 0 Å². The molecular weight excluding hydrogens is 406 g/mol. The van der Waals surface area contributed by atoms with Crippen LogP contribution in [0, 0.1) is 13.8 Å². The predicted molar refractivity (Wildman–Crippen MR) is 124 cm³/mol. The molecule has 160 valence electrons. The zero-order chi connectivity index (χ0) is 21.6. The summed E-state index contributed by atoms with van der Waals surface area (Å²) in [6.45, 7) is 6.78. The van der Waals surface area contributed by atoms with E-state index in [1.54, 1.807) is 24.2 Å². The Kier molecular flexibility index (Phi) is 6.82. The first-order chi connectivity index (χ1) is 15.1. The number of thioether (sulfide) groups is 1. The molecule has 1 saturated heterocycles. The number of hydrogen-bond donors (Lipinski definition) is 1. The first kappa shape index (κ1) is 21.3. The van der Waals surface area contributed by atoms with Gasteiger partial charge in [-0.2, -0.15) is 0 Å². The molecule has 7 heteroatoms. The van der Waals surface area contributed by atoms with Crippen molar-refractivity contribution in [3.05, 3.63) is 76.7 Å². The van der Waals surface area contributed by atoms with Crippen molar-refractivity contribution in [2.24, 2.45) is 0 Å². The normalized spacial score (nSPS) is 13.4. The molecule has 0 unspecified atom stereocenters. The van der Waals surface area contributed by atoms with E-state index in [2.05, 4.69) is 34.0 Å². The molecule has 1 aliphatic rings. The minimum absolute atomic E-state index is 0.0872. The highest BCUT2D eigenvalue weighted by atomic mass is 32.2. The second kappa shape index (κ2) is 9.92. The summed E-state index contributed by atoms with van der Waals surface area (Å²) in [5, 5.41) is 3.74. The molecule has 31 heavy (non-hydrogen) atoms. The molecule has 6 nitrogen and oxygen atoms in total. The van der Waals surface area contributed by atoms with Gasteiger partial charge in [-0.1, -0.05) is 30.0 Å². The van der Waals surface area contributed by atoms with Crippen LogP contribution in [0.25, 0.3) is 0 Å². The van der Waals surface area contributed by atoms with Gasteiger partial charge in [0.05, 0.1) is 0 Å². The highest BCUT2D eigenvalue weighted by Gasteiger charge is 2.18. The second-order valence-corrected chi connectivity index (χ2v) is 8.71. The fourth-order valence-electron chi connectivity index (χ4n) is 3.58. The number of hydrogen-bond acceptors (Lipinski definition) is 6. The van der Waals surface area contributed by atoms with Crippen LogP contribution in [0.3, 0.4) is 0 Å². The Bertz CT molecular complexity index is 1030. The van der Waals surface area contributed by atoms with Crippen molar-refractivity contribution >= 4 is 23.5 Å². The predicted octanol–water partition coefficient (Wildman–Crippen LogP) is 4.31. The Hall–Kier alpha value is -2.93. The number of amides is 1. The minimum atomic E-state index is -0.0872. The number of nitrogens with zero attached hydrogens (tertiary/aromatic N) is 4. The third-order valence-corrected chi connectivity index (χ3v) is 6.43. The van der Waals surface area contributed by atoms with Crippen LogP contribution < -0.4 is 10.2 Å². The third-order valence-electron chi connectivity index (χ3n) is 5.51. The Morgan fingerprint density at radius 3 is 2.55 bits per heavy atom. The van der Waals surface area contributed by atoms with Crippen LogP contribution in [0.2, 0.25) is 0 Å². The molecule has 0 atom stereocenters. The molecule has 0 saturated carbocycles. The minimum Gasteiger partial charge on any atom is -0.356 e. The van der Waals surface area contributed by atoms with Crippen LogP contribution in [0.5, 0.6) is 0 Å². The van der Waals surface area contributed by atoms with Gasteiger partial charge in [-0.3, -0.25) is 9.78 Å². The number of carbonyl (C=O) groups excluding carboxylic acids is 1. The first-order valence-electron chi connectivity index (χ1n) is 10.6. The summed E-state index contributed by atoms with van der Waals surface area (Å²) in [7, 11) is 0. The number of rotatable bonds is 7. The average Bonchev–Trinajstić information content (AvgIpc) is 3.34. The average molecular weight is 434 g/mol. The summed E-state index contributed by atoms with van der Waals surface area (Å²) in [6, 6.07) is 11.5. The van der Waals surface area contributed by atoms with Crippen LogP contribution in [0.1, 0.15) is 45.6 Å². The zero-order valence-electron chi connectivity index (χ0n) is 18.0. The zero-order valence-corrected chi connectivity index (χ0v) is 18.8. The van der Waals surface area contributed by atoms with Crippen molar-refractivity contribution < 1.29 is 4.79 Å². The van der Waals surface area contributed by atoms with E-state index in [-0.39, 0.29) is 5.91 Å². The molecule has 2 aromatic heterocycles. The number of pyridine rings is 1. The lowest BCUT2D eigenvalue weighted by Crippen LogP contribution is -2.22. The maximum Gasteiger partial charge on any atom is 0.251 e. The fourth-order valence-corrected chi connectivity index (χ4v) is 4.42. The Morgan fingerprint density at radius 1 is 1.06 bits per heavy atom. The van der Waals surface area contributed by atoms with Crippen LogP contribution in [-0.2, 0) is 12.3 Å². The number of aromatic nitrogens is 3. The number of nitrogens with one attached hydrogen (secondary N) is 1. The molecule has 0 aliphatic carbocycles. The highest BCUT2D eigenvalue weighted by molar-refractivity contribution is 7.98. The lowest BCUT2D eigenvalue weighted by Gasteiger charge is -2.20. The summed E-state index contributed by atoms with van der Waals surface area (Å²) in [5.41, 5.74) is 4.98. The van der Waals surface area contributed by atoms with E-state index in [1.807, 2.05) is 36.4 Å². The molecule has 0 spiro atoms. The molecule has 3 aromatic rings. The molecule has 1 N–H and O–H groups in total. The van der Waals surface area contributed by atoms with Gasteiger partial charge in [-0.05, 0) is 56.0 Å². The van der Waals surface area contributed by atoms with Gasteiger partial charge in [-0.25, -0.2) is 9.97 Å². The Morgan fingerprint density at radius 2 is 1.84 bits per heavy atom. The van der Waals surface area contributed by atoms with Gasteiger partial charge in [-0.15, -0.1) is 0 Å². The highest BCUT2D eigenvalue weighted by Crippen LogP contribution is 2.28. The van der Waals surface area contributed by atoms with Crippen LogP contribution in [0.4, 0.5) is 5.82 Å². The third kappa shape index (κ3) is 5.41. The molecule has 1 amide bonds. The van der Waals surface area contributed by atoms with Crippen molar-refractivity contribution in [1.29, 1.82) is 0 Å². The van der Waals surface area contributed by atoms with Crippen molar-refractivity contribution in [2.75, 3.05) is 18.0 Å². The van der Waals surface area contributed by atoms with E-state index in [0.717, 1.165) is 46.6 Å². The van der Waals surface area contributed by atoms with Crippen LogP contribution in [-0.4, -0.2) is 33.9 Å². The molecule has 0 radical (unpaired) electrons. The molecule has 3 heterocycles. The Balaban J connectivity index is 1.35. The van der Waals surface area contributed by atoms with E-state index in [1.165, 1.54) is 18.4 Å². The molecule has 1 fully saturated rings. The lowest BCUT2D eigenvalue weighted by atomic mass is 10.1. The first-order valence-corrected chi connectivity index (χ1v) is 11.6. The van der Waals surface area contributed by atoms with Gasteiger partial charge in [0.1, 0.15) is 5.82 Å². The van der Waals surface area contributed by atoms with Gasteiger partial charge in [0.2, 0.25) is 0 Å². The van der Waals surface area contributed by atoms with Gasteiger partial charge in [0, 0.05) is 54.6 Å². The number of anilines is 1. The van der Waals surface area contributed by atoms with Gasteiger partial charge < -0.3 is 10.2 Å². The smallest absolute Gasteiger partial charge is 0.251 e. The molecular formula is C24H27N5OS. The van der Waals surface area contributed by atoms with E-state index in [9.17, 15) is 4.79 Å². The van der Waals surface area contributed by atoms with Crippen molar-refractivity contribution in [3.63, 3.8) is 0 Å². The molecule has 1 aliphatic heterocycles. The van der Waals surface area contributed by atoms with Gasteiger partial charge in [0.15, 0.2) is 5.16 Å². The molecule has 4 rings (SSSR count). The summed E-state index contributed by atoms with van der Waals surface area (Å²) >= 11 is 1.63. The summed E-state index contributed by atoms with van der Waals surface area (Å²) in [6.07, 6.45) is 5.93. The number of aryl methyl sites for hydroxylation is 1. The second-order valence-electron chi connectivity index (χ2n) is 7.76. The van der Waals surface area contributed by atoms with Crippen LogP contribution in [0.15, 0.2) is 53.9 Å².